The fourth-order valence-electron chi connectivity index (χ4n) is 2.55. The molecule has 6 nitrogen and oxygen atoms in total. The van der Waals surface area contributed by atoms with Gasteiger partial charge in [-0.3, -0.25) is 10.1 Å². The maximum absolute atomic E-state index is 12.5. The minimum atomic E-state index is -0.524. The fraction of sp³-hybridized carbons (Fsp3) is 0.182. The van der Waals surface area contributed by atoms with Crippen LogP contribution in [0.5, 0.6) is 5.75 Å². The number of benzene rings is 2. The van der Waals surface area contributed by atoms with E-state index in [-0.39, 0.29) is 5.57 Å². The molecule has 0 saturated heterocycles. The molecule has 1 aromatic heterocycles. The van der Waals surface area contributed by atoms with Gasteiger partial charge >= 0.3 is 0 Å². The molecule has 3 rings (SSSR count). The van der Waals surface area contributed by atoms with Gasteiger partial charge in [-0.25, -0.2) is 0 Å². The lowest BCUT2D eigenvalue weighted by Gasteiger charge is -2.09. The Morgan fingerprint density at radius 1 is 1.17 bits per heavy atom. The van der Waals surface area contributed by atoms with Crippen LogP contribution in [0.3, 0.4) is 0 Å². The number of aryl methyl sites for hydroxylation is 1. The number of amides is 1. The molecule has 0 aliphatic rings. The molecule has 0 aliphatic carbocycles. The highest BCUT2D eigenvalue weighted by Crippen LogP contribution is 2.23. The van der Waals surface area contributed by atoms with Crippen molar-refractivity contribution in [2.24, 2.45) is 0 Å². The number of carbonyl (C=O) groups is 1. The molecule has 0 radical (unpaired) electrons. The Morgan fingerprint density at radius 2 is 1.93 bits per heavy atom. The molecule has 2 aromatic carbocycles. The molecule has 146 valence electrons. The molecule has 7 heteroatoms. The van der Waals surface area contributed by atoms with Gasteiger partial charge in [-0.05, 0) is 24.1 Å². The third-order valence-electron chi connectivity index (χ3n) is 3.97. The van der Waals surface area contributed by atoms with Gasteiger partial charge in [0.15, 0.2) is 0 Å². The molecular formula is C22H20N4O2S. The first kappa shape index (κ1) is 20.2. The minimum absolute atomic E-state index is 0.0343. The number of ether oxygens (including phenoxy) is 1. The van der Waals surface area contributed by atoms with E-state index in [9.17, 15) is 10.1 Å². The van der Waals surface area contributed by atoms with Crippen molar-refractivity contribution < 1.29 is 9.53 Å². The lowest BCUT2D eigenvalue weighted by Crippen LogP contribution is -2.13. The molecule has 1 heterocycles. The van der Waals surface area contributed by atoms with Crippen molar-refractivity contribution in [1.29, 1.82) is 5.26 Å². The topological polar surface area (TPSA) is 87.9 Å². The molecule has 0 unspecified atom stereocenters. The summed E-state index contributed by atoms with van der Waals surface area (Å²) in [5, 5.41) is 21.3. The molecule has 0 spiro atoms. The predicted molar refractivity (Wildman–Crippen MR) is 113 cm³/mol. The van der Waals surface area contributed by atoms with Crippen LogP contribution in [0.4, 0.5) is 5.13 Å². The third-order valence-corrected chi connectivity index (χ3v) is 4.87. The summed E-state index contributed by atoms with van der Waals surface area (Å²) in [6.07, 6.45) is 3.27. The minimum Gasteiger partial charge on any atom is -0.488 e. The summed E-state index contributed by atoms with van der Waals surface area (Å²) in [4.78, 5) is 12.5. The largest absolute Gasteiger partial charge is 0.488 e. The van der Waals surface area contributed by atoms with E-state index in [1.807, 2.05) is 61.5 Å². The highest BCUT2D eigenvalue weighted by molar-refractivity contribution is 7.15. The van der Waals surface area contributed by atoms with Gasteiger partial charge in [-0.15, -0.1) is 10.2 Å². The molecule has 0 atom stereocenters. The molecule has 0 fully saturated rings. The summed E-state index contributed by atoms with van der Waals surface area (Å²) in [5.41, 5.74) is 1.65. The number of carbonyl (C=O) groups excluding carboxylic acids is 1. The summed E-state index contributed by atoms with van der Waals surface area (Å²) in [6.45, 7) is 2.44. The Labute approximate surface area is 173 Å². The normalized spacial score (nSPS) is 11.0. The third kappa shape index (κ3) is 5.74. The highest BCUT2D eigenvalue weighted by atomic mass is 32.1. The molecule has 1 amide bonds. The van der Waals surface area contributed by atoms with E-state index in [2.05, 4.69) is 15.5 Å². The van der Waals surface area contributed by atoms with Gasteiger partial charge < -0.3 is 4.74 Å². The number of nitrogens with one attached hydrogen (secondary N) is 1. The number of hydrogen-bond donors (Lipinski definition) is 1. The van der Waals surface area contributed by atoms with Gasteiger partial charge in [0.05, 0.1) is 0 Å². The van der Waals surface area contributed by atoms with Crippen LogP contribution in [0, 0.1) is 11.3 Å². The molecule has 0 aliphatic heterocycles. The van der Waals surface area contributed by atoms with Gasteiger partial charge in [-0.2, -0.15) is 5.26 Å². The van der Waals surface area contributed by atoms with Crippen LogP contribution >= 0.6 is 11.3 Å². The Hall–Kier alpha value is -3.50. The second kappa shape index (κ2) is 10.2. The standard InChI is InChI=1S/C22H20N4O2S/c1-2-8-20-25-26-22(29-20)24-21(27)18(14-23)13-17-11-6-7-12-19(17)28-15-16-9-4-3-5-10-16/h3-7,9-13H,2,8,15H2,1H3,(H,24,26,27)/b18-13-. The summed E-state index contributed by atoms with van der Waals surface area (Å²) in [7, 11) is 0. The zero-order valence-electron chi connectivity index (χ0n) is 16.0. The van der Waals surface area contributed by atoms with Crippen LogP contribution in [0.15, 0.2) is 60.2 Å². The maximum atomic E-state index is 12.5. The van der Waals surface area contributed by atoms with E-state index >= 15 is 0 Å². The van der Waals surface area contributed by atoms with Crippen molar-refractivity contribution in [2.75, 3.05) is 5.32 Å². The summed E-state index contributed by atoms with van der Waals surface area (Å²) < 4.78 is 5.89. The van der Waals surface area contributed by atoms with Gasteiger partial charge in [0, 0.05) is 12.0 Å². The van der Waals surface area contributed by atoms with E-state index in [1.54, 1.807) is 6.07 Å². The zero-order valence-corrected chi connectivity index (χ0v) is 16.8. The first-order valence-corrected chi connectivity index (χ1v) is 10.0. The average Bonchev–Trinajstić information content (AvgIpc) is 3.19. The number of aromatic nitrogens is 2. The second-order valence-corrected chi connectivity index (χ2v) is 7.25. The van der Waals surface area contributed by atoms with Gasteiger partial charge in [0.2, 0.25) is 5.13 Å². The van der Waals surface area contributed by atoms with Crippen LogP contribution in [-0.4, -0.2) is 16.1 Å². The second-order valence-electron chi connectivity index (χ2n) is 6.19. The SMILES string of the molecule is CCCc1nnc(NC(=O)/C(C#N)=C\c2ccccc2OCc2ccccc2)s1. The smallest absolute Gasteiger partial charge is 0.268 e. The van der Waals surface area contributed by atoms with E-state index < -0.39 is 5.91 Å². The van der Waals surface area contributed by atoms with Crippen molar-refractivity contribution in [1.82, 2.24) is 10.2 Å². The zero-order chi connectivity index (χ0) is 20.5. The highest BCUT2D eigenvalue weighted by Gasteiger charge is 2.14. The lowest BCUT2D eigenvalue weighted by molar-refractivity contribution is -0.112. The van der Waals surface area contributed by atoms with E-state index in [0.29, 0.717) is 23.1 Å². The van der Waals surface area contributed by atoms with Crippen LogP contribution in [0.2, 0.25) is 0 Å². The molecule has 0 bridgehead atoms. The average molecular weight is 404 g/mol. The Morgan fingerprint density at radius 3 is 2.69 bits per heavy atom. The molecular weight excluding hydrogens is 384 g/mol. The summed E-state index contributed by atoms with van der Waals surface area (Å²) in [6, 6.07) is 19.0. The first-order chi connectivity index (χ1) is 14.2. The van der Waals surface area contributed by atoms with Crippen molar-refractivity contribution >= 4 is 28.5 Å². The summed E-state index contributed by atoms with van der Waals surface area (Å²) >= 11 is 1.31. The Kier molecular flexibility index (Phi) is 7.09. The van der Waals surface area contributed by atoms with Crippen LogP contribution in [0.25, 0.3) is 6.08 Å². The van der Waals surface area contributed by atoms with E-state index in [1.165, 1.54) is 17.4 Å². The molecule has 3 aromatic rings. The van der Waals surface area contributed by atoms with Crippen LogP contribution in [-0.2, 0) is 17.8 Å². The molecule has 1 N–H and O–H groups in total. The Bertz CT molecular complexity index is 1040. The molecule has 0 saturated carbocycles. The number of anilines is 1. The number of hydrogen-bond acceptors (Lipinski definition) is 6. The number of nitriles is 1. The number of para-hydroxylation sites is 1. The molecule has 29 heavy (non-hydrogen) atoms. The van der Waals surface area contributed by atoms with Crippen LogP contribution < -0.4 is 10.1 Å². The Balaban J connectivity index is 1.74. The van der Waals surface area contributed by atoms with Crippen molar-refractivity contribution in [3.8, 4) is 11.8 Å². The number of nitrogens with zero attached hydrogens (tertiary/aromatic N) is 3. The lowest BCUT2D eigenvalue weighted by atomic mass is 10.1. The first-order valence-electron chi connectivity index (χ1n) is 9.21. The number of rotatable bonds is 8. The van der Waals surface area contributed by atoms with Crippen molar-refractivity contribution in [3.63, 3.8) is 0 Å². The summed E-state index contributed by atoms with van der Waals surface area (Å²) in [5.74, 6) is 0.0719. The van der Waals surface area contributed by atoms with Crippen molar-refractivity contribution in [2.45, 2.75) is 26.4 Å². The monoisotopic (exact) mass is 404 g/mol. The van der Waals surface area contributed by atoms with Crippen LogP contribution in [0.1, 0.15) is 29.5 Å². The van der Waals surface area contributed by atoms with Gasteiger partial charge in [0.25, 0.3) is 5.91 Å². The van der Waals surface area contributed by atoms with Gasteiger partial charge in [-0.1, -0.05) is 66.8 Å². The fourth-order valence-corrected chi connectivity index (χ4v) is 3.39. The van der Waals surface area contributed by atoms with E-state index in [4.69, 9.17) is 4.74 Å². The van der Waals surface area contributed by atoms with E-state index in [0.717, 1.165) is 23.4 Å². The maximum Gasteiger partial charge on any atom is 0.268 e. The van der Waals surface area contributed by atoms with Crippen molar-refractivity contribution in [3.05, 3.63) is 76.3 Å². The quantitative estimate of drug-likeness (QED) is 0.437. The van der Waals surface area contributed by atoms with Gasteiger partial charge in [0.1, 0.15) is 29.0 Å². The predicted octanol–water partition coefficient (Wildman–Crippen LogP) is 4.62.